The zero-order valence-corrected chi connectivity index (χ0v) is 37.2. The van der Waals surface area contributed by atoms with E-state index in [-0.39, 0.29) is 31.1 Å². The van der Waals surface area contributed by atoms with E-state index in [4.69, 9.17) is 25.7 Å². The van der Waals surface area contributed by atoms with Gasteiger partial charge in [-0.05, 0) is 91.9 Å². The molecule has 0 aliphatic heterocycles. The average molecular weight is 793 g/mol. The van der Waals surface area contributed by atoms with E-state index in [9.17, 15) is 19.2 Å². The quantitative estimate of drug-likeness (QED) is 0.0276. The first-order valence-electron chi connectivity index (χ1n) is 22.7. The van der Waals surface area contributed by atoms with E-state index in [2.05, 4.69) is 38.2 Å². The van der Waals surface area contributed by atoms with Crippen LogP contribution in [0, 0.1) is 0 Å². The molecule has 9 heteroatoms. The van der Waals surface area contributed by atoms with Crippen LogP contribution in [0.3, 0.4) is 0 Å². The van der Waals surface area contributed by atoms with Crippen molar-refractivity contribution in [1.29, 1.82) is 0 Å². The van der Waals surface area contributed by atoms with Crippen molar-refractivity contribution >= 4 is 23.8 Å². The molecule has 328 valence electrons. The summed E-state index contributed by atoms with van der Waals surface area (Å²) < 4.78 is 15.7. The van der Waals surface area contributed by atoms with Crippen molar-refractivity contribution in [2.45, 2.75) is 245 Å². The third-order valence-electron chi connectivity index (χ3n) is 9.27. The number of primary amides is 1. The monoisotopic (exact) mass is 793 g/mol. The van der Waals surface area contributed by atoms with E-state index in [1.165, 1.54) is 141 Å². The van der Waals surface area contributed by atoms with E-state index >= 15 is 0 Å². The summed E-state index contributed by atoms with van der Waals surface area (Å²) in [5, 5.41) is 0. The maximum absolute atomic E-state index is 12.1. The van der Waals surface area contributed by atoms with Crippen LogP contribution in [0.2, 0.25) is 0 Å². The van der Waals surface area contributed by atoms with Gasteiger partial charge in [0.2, 0.25) is 5.91 Å². The molecule has 0 radical (unpaired) electrons. The Bertz CT molecular complexity index is 1000. The fourth-order valence-electron chi connectivity index (χ4n) is 5.94. The number of rotatable bonds is 36. The van der Waals surface area contributed by atoms with E-state index in [1.807, 2.05) is 0 Å². The highest BCUT2D eigenvalue weighted by molar-refractivity contribution is 5.85. The molecule has 0 bridgehead atoms. The van der Waals surface area contributed by atoms with E-state index < -0.39 is 23.5 Å². The maximum Gasteiger partial charge on any atom is 0.308 e. The number of ether oxygens (including phenoxy) is 3. The number of allylic oxidation sites excluding steroid dienone is 4. The zero-order valence-electron chi connectivity index (χ0n) is 37.2. The van der Waals surface area contributed by atoms with Gasteiger partial charge in [0.05, 0.1) is 12.5 Å². The van der Waals surface area contributed by atoms with Crippen LogP contribution >= 0.6 is 0 Å². The van der Waals surface area contributed by atoms with Crippen molar-refractivity contribution in [3.05, 3.63) is 24.3 Å². The van der Waals surface area contributed by atoms with Gasteiger partial charge < -0.3 is 25.7 Å². The van der Waals surface area contributed by atoms with Crippen LogP contribution in [0.5, 0.6) is 0 Å². The molecule has 0 aromatic heterocycles. The van der Waals surface area contributed by atoms with Gasteiger partial charge in [-0.1, -0.05) is 141 Å². The van der Waals surface area contributed by atoms with Gasteiger partial charge in [0, 0.05) is 12.8 Å². The molecule has 0 fully saturated rings. The molecule has 2 atom stereocenters. The Morgan fingerprint density at radius 2 is 0.893 bits per heavy atom. The molecule has 4 N–H and O–H groups in total. The first-order chi connectivity index (χ1) is 26.8. The summed E-state index contributed by atoms with van der Waals surface area (Å²) in [6.45, 7) is 11.7. The number of carbonyl (C=O) groups excluding carboxylic acids is 4. The number of amides is 1. The van der Waals surface area contributed by atoms with Crippen molar-refractivity contribution in [3.8, 4) is 0 Å². The van der Waals surface area contributed by atoms with Crippen molar-refractivity contribution in [2.75, 3.05) is 6.61 Å². The minimum Gasteiger partial charge on any atom is -0.462 e. The number of hydrogen-bond acceptors (Lipinski definition) is 8. The molecule has 0 aliphatic rings. The Morgan fingerprint density at radius 3 is 1.27 bits per heavy atom. The topological polar surface area (TPSA) is 148 Å². The third-order valence-corrected chi connectivity index (χ3v) is 9.27. The molecule has 0 aromatic rings. The van der Waals surface area contributed by atoms with Crippen LogP contribution < -0.4 is 11.5 Å². The van der Waals surface area contributed by atoms with Gasteiger partial charge in [-0.15, -0.1) is 0 Å². The minimum absolute atomic E-state index is 0.155. The summed E-state index contributed by atoms with van der Waals surface area (Å²) in [6, 6.07) is -0.963. The van der Waals surface area contributed by atoms with Crippen molar-refractivity contribution < 1.29 is 33.4 Å². The Morgan fingerprint density at radius 1 is 0.536 bits per heavy atom. The molecule has 0 rings (SSSR count). The minimum atomic E-state index is -0.963. The zero-order chi connectivity index (χ0) is 42.1. The van der Waals surface area contributed by atoms with Crippen LogP contribution in [-0.2, 0) is 33.4 Å². The first-order valence-corrected chi connectivity index (χ1v) is 22.7. The normalized spacial score (nSPS) is 12.6. The molecule has 9 nitrogen and oxygen atoms in total. The lowest BCUT2D eigenvalue weighted by Gasteiger charge is -2.20. The van der Waals surface area contributed by atoms with Crippen molar-refractivity contribution in [1.82, 2.24) is 0 Å². The van der Waals surface area contributed by atoms with E-state index in [0.717, 1.165) is 25.7 Å². The van der Waals surface area contributed by atoms with Gasteiger partial charge in [0.1, 0.15) is 18.3 Å². The molecular weight excluding hydrogens is 705 g/mol. The SMILES string of the molecule is CC(C)(C)OC(=O)CC(N)C(N)=O.CCCCCCCC/C=C\CCCCCCCC(=O)OCC(C)OC(=O)CCCCCCC/C=C\CCCCCCCC. The van der Waals surface area contributed by atoms with Gasteiger partial charge in [0.25, 0.3) is 0 Å². The molecular formula is C47H88N2O7. The Kier molecular flexibility index (Phi) is 40.1. The summed E-state index contributed by atoms with van der Waals surface area (Å²) >= 11 is 0. The van der Waals surface area contributed by atoms with Crippen LogP contribution in [0.1, 0.15) is 228 Å². The molecule has 2 unspecified atom stereocenters. The fraction of sp³-hybridized carbons (Fsp3) is 0.830. The van der Waals surface area contributed by atoms with Crippen molar-refractivity contribution in [3.63, 3.8) is 0 Å². The van der Waals surface area contributed by atoms with Gasteiger partial charge in [0.15, 0.2) is 0 Å². The second kappa shape index (κ2) is 40.5. The summed E-state index contributed by atoms with van der Waals surface area (Å²) in [5.41, 5.74) is 9.58. The molecule has 1 amide bonds. The summed E-state index contributed by atoms with van der Waals surface area (Å²) in [7, 11) is 0. The van der Waals surface area contributed by atoms with Crippen LogP contribution in [0.15, 0.2) is 24.3 Å². The summed E-state index contributed by atoms with van der Waals surface area (Å²) in [5.74, 6) is -1.58. The van der Waals surface area contributed by atoms with Crippen LogP contribution in [0.4, 0.5) is 0 Å². The van der Waals surface area contributed by atoms with Gasteiger partial charge >= 0.3 is 17.9 Å². The average Bonchev–Trinajstić information content (AvgIpc) is 3.13. The smallest absolute Gasteiger partial charge is 0.308 e. The Hall–Kier alpha value is -2.68. The highest BCUT2D eigenvalue weighted by atomic mass is 16.6. The lowest BCUT2D eigenvalue weighted by Crippen LogP contribution is -2.39. The molecule has 0 spiro atoms. The first kappa shape index (κ1) is 55.4. The molecule has 0 saturated heterocycles. The lowest BCUT2D eigenvalue weighted by atomic mass is 10.1. The lowest BCUT2D eigenvalue weighted by molar-refractivity contribution is -0.158. The largest absolute Gasteiger partial charge is 0.462 e. The molecule has 0 aliphatic carbocycles. The van der Waals surface area contributed by atoms with Crippen LogP contribution in [-0.4, -0.2) is 48.2 Å². The van der Waals surface area contributed by atoms with Crippen molar-refractivity contribution in [2.24, 2.45) is 11.5 Å². The molecule has 0 saturated carbocycles. The molecule has 0 aromatic carbocycles. The van der Waals surface area contributed by atoms with Gasteiger partial charge in [-0.3, -0.25) is 19.2 Å². The van der Waals surface area contributed by atoms with Gasteiger partial charge in [-0.25, -0.2) is 0 Å². The molecule has 56 heavy (non-hydrogen) atoms. The highest BCUT2D eigenvalue weighted by Gasteiger charge is 2.20. The Labute approximate surface area is 344 Å². The Balaban J connectivity index is 0. The summed E-state index contributed by atoms with van der Waals surface area (Å²) in [6.07, 6.45) is 42.0. The predicted molar refractivity (Wildman–Crippen MR) is 233 cm³/mol. The number of nitrogens with two attached hydrogens (primary N) is 2. The number of hydrogen-bond donors (Lipinski definition) is 2. The highest BCUT2D eigenvalue weighted by Crippen LogP contribution is 2.13. The predicted octanol–water partition coefficient (Wildman–Crippen LogP) is 12.1. The summed E-state index contributed by atoms with van der Waals surface area (Å²) in [4.78, 5) is 45.7. The standard InChI is InChI=1S/C39H72O4.C8H16N2O3/c1-4-6-8-10-12-14-16-18-20-22-24-26-28-30-32-34-38(40)42-36-37(3)43-39(41)35-33-31-29-27-25-23-21-19-17-15-13-11-9-7-5-2;1-8(2,3)13-6(11)4-5(9)7(10)12/h18-21,37H,4-17,22-36H2,1-3H3;5H,4,9H2,1-3H3,(H2,10,12)/b20-18-,21-19-;. The third kappa shape index (κ3) is 45.7. The second-order valence-electron chi connectivity index (χ2n) is 16.5. The number of unbranched alkanes of at least 4 members (excludes halogenated alkanes) is 22. The fourth-order valence-corrected chi connectivity index (χ4v) is 5.94. The van der Waals surface area contributed by atoms with Gasteiger partial charge in [-0.2, -0.15) is 0 Å². The molecule has 0 heterocycles. The van der Waals surface area contributed by atoms with Crippen LogP contribution in [0.25, 0.3) is 0 Å². The maximum atomic E-state index is 12.1. The van der Waals surface area contributed by atoms with E-state index in [0.29, 0.717) is 12.8 Å². The second-order valence-corrected chi connectivity index (χ2v) is 16.5. The number of esters is 3. The number of carbonyl (C=O) groups is 4. The van der Waals surface area contributed by atoms with E-state index in [1.54, 1.807) is 27.7 Å².